The number of halogens is 1. The summed E-state index contributed by atoms with van der Waals surface area (Å²) in [5.74, 6) is 0.755. The number of rotatable bonds is 10. The molecule has 0 aliphatic heterocycles. The van der Waals surface area contributed by atoms with Crippen LogP contribution in [0.1, 0.15) is 22.8 Å². The second kappa shape index (κ2) is 12.3. The molecule has 0 saturated carbocycles. The highest BCUT2D eigenvalue weighted by molar-refractivity contribution is 6.30. The van der Waals surface area contributed by atoms with Crippen molar-refractivity contribution in [3.05, 3.63) is 82.9 Å². The topological polar surface area (TPSA) is 95.5 Å². The number of methoxy groups -OCH3 is 1. The summed E-state index contributed by atoms with van der Waals surface area (Å²) in [5.41, 5.74) is 3.36. The Balaban J connectivity index is 1.55. The normalized spacial score (nSPS) is 10.6. The van der Waals surface area contributed by atoms with Gasteiger partial charge in [0.2, 0.25) is 0 Å². The average Bonchev–Trinajstić information content (AvgIpc) is 2.84. The first-order chi connectivity index (χ1) is 16.5. The molecule has 0 aliphatic carbocycles. The van der Waals surface area contributed by atoms with Crippen LogP contribution in [0.2, 0.25) is 5.02 Å². The van der Waals surface area contributed by atoms with E-state index in [2.05, 4.69) is 10.5 Å². The van der Waals surface area contributed by atoms with E-state index in [0.29, 0.717) is 40.0 Å². The van der Waals surface area contributed by atoms with Gasteiger partial charge < -0.3 is 18.9 Å². The van der Waals surface area contributed by atoms with Gasteiger partial charge in [0, 0.05) is 5.02 Å². The molecule has 3 aromatic rings. The largest absolute Gasteiger partial charge is 0.494 e. The molecule has 0 bridgehead atoms. The summed E-state index contributed by atoms with van der Waals surface area (Å²) < 4.78 is 21.5. The number of amides is 1. The molecule has 0 atom stereocenters. The molecule has 1 N–H and O–H groups in total. The molecule has 0 aromatic heterocycles. The van der Waals surface area contributed by atoms with E-state index in [-0.39, 0.29) is 12.4 Å². The van der Waals surface area contributed by atoms with Crippen LogP contribution in [0.15, 0.2) is 71.8 Å². The quantitative estimate of drug-likeness (QED) is 0.198. The second-order valence-corrected chi connectivity index (χ2v) is 7.23. The molecule has 0 spiro atoms. The highest BCUT2D eigenvalue weighted by Gasteiger charge is 2.13. The molecule has 0 saturated heterocycles. The first-order valence-corrected chi connectivity index (χ1v) is 10.7. The van der Waals surface area contributed by atoms with Crippen LogP contribution in [-0.2, 0) is 4.79 Å². The average molecular weight is 483 g/mol. The van der Waals surface area contributed by atoms with Gasteiger partial charge in [-0.1, -0.05) is 17.7 Å². The Hall–Kier alpha value is -4.04. The molecular weight excluding hydrogens is 460 g/mol. The van der Waals surface area contributed by atoms with Crippen molar-refractivity contribution in [2.24, 2.45) is 5.10 Å². The van der Waals surface area contributed by atoms with Crippen LogP contribution in [0.3, 0.4) is 0 Å². The Bertz CT molecular complexity index is 1160. The molecule has 0 unspecified atom stereocenters. The number of carbonyl (C=O) groups excluding carboxylic acids is 2. The first-order valence-electron chi connectivity index (χ1n) is 10.3. The van der Waals surface area contributed by atoms with E-state index in [4.69, 9.17) is 30.5 Å². The smallest absolute Gasteiger partial charge is 0.343 e. The van der Waals surface area contributed by atoms with Crippen molar-refractivity contribution < 1.29 is 28.5 Å². The lowest BCUT2D eigenvalue weighted by Gasteiger charge is -2.10. The molecule has 3 aromatic carbocycles. The number of carbonyl (C=O) groups is 2. The summed E-state index contributed by atoms with van der Waals surface area (Å²) in [7, 11) is 1.46. The van der Waals surface area contributed by atoms with Gasteiger partial charge in [-0.3, -0.25) is 4.79 Å². The minimum Gasteiger partial charge on any atom is -0.494 e. The fourth-order valence-corrected chi connectivity index (χ4v) is 2.96. The van der Waals surface area contributed by atoms with Crippen molar-refractivity contribution >= 4 is 29.7 Å². The Morgan fingerprint density at radius 1 is 0.971 bits per heavy atom. The van der Waals surface area contributed by atoms with Gasteiger partial charge in [-0.05, 0) is 73.2 Å². The standard InChI is InChI=1S/C25H23ClN2O6/c1-3-32-20-10-8-18(9-11-20)25(30)34-22-12-7-17(13-23(22)31-2)15-27-28-24(29)16-33-21-6-4-5-19(26)14-21/h4-15H,3,16H2,1-2H3,(H,28,29)/b27-15-. The lowest BCUT2D eigenvalue weighted by Crippen LogP contribution is -2.24. The summed E-state index contributed by atoms with van der Waals surface area (Å²) in [5, 5.41) is 4.41. The second-order valence-electron chi connectivity index (χ2n) is 6.80. The van der Waals surface area contributed by atoms with E-state index in [1.54, 1.807) is 66.7 Å². The van der Waals surface area contributed by atoms with Crippen LogP contribution in [-0.4, -0.2) is 38.4 Å². The van der Waals surface area contributed by atoms with E-state index >= 15 is 0 Å². The van der Waals surface area contributed by atoms with Crippen LogP contribution >= 0.6 is 11.6 Å². The fraction of sp³-hybridized carbons (Fsp3) is 0.160. The summed E-state index contributed by atoms with van der Waals surface area (Å²) >= 11 is 5.88. The Kier molecular flexibility index (Phi) is 8.88. The molecule has 3 rings (SSSR count). The fourth-order valence-electron chi connectivity index (χ4n) is 2.78. The predicted octanol–water partition coefficient (Wildman–Crippen LogP) is 4.50. The number of hydrogen-bond acceptors (Lipinski definition) is 7. The van der Waals surface area contributed by atoms with E-state index in [9.17, 15) is 9.59 Å². The van der Waals surface area contributed by atoms with Crippen molar-refractivity contribution in [2.45, 2.75) is 6.92 Å². The third-order valence-corrected chi connectivity index (χ3v) is 4.60. The maximum absolute atomic E-state index is 12.5. The van der Waals surface area contributed by atoms with E-state index in [1.165, 1.54) is 13.3 Å². The minimum absolute atomic E-state index is 0.221. The number of esters is 1. The number of nitrogens with one attached hydrogen (secondary N) is 1. The van der Waals surface area contributed by atoms with Gasteiger partial charge >= 0.3 is 5.97 Å². The first kappa shape index (κ1) is 24.6. The Morgan fingerprint density at radius 2 is 1.76 bits per heavy atom. The molecule has 0 aliphatic rings. The maximum atomic E-state index is 12.5. The van der Waals surface area contributed by atoms with E-state index < -0.39 is 11.9 Å². The molecule has 0 fully saturated rings. The molecule has 0 radical (unpaired) electrons. The molecule has 176 valence electrons. The SMILES string of the molecule is CCOc1ccc(C(=O)Oc2ccc(/C=N\NC(=O)COc3cccc(Cl)c3)cc2OC)cc1. The Labute approximate surface area is 202 Å². The third kappa shape index (κ3) is 7.25. The minimum atomic E-state index is -0.533. The van der Waals surface area contributed by atoms with Gasteiger partial charge in [-0.15, -0.1) is 0 Å². The molecule has 9 heteroatoms. The van der Waals surface area contributed by atoms with Crippen LogP contribution in [0.25, 0.3) is 0 Å². The van der Waals surface area contributed by atoms with Crippen molar-refractivity contribution in [3.63, 3.8) is 0 Å². The molecule has 1 amide bonds. The molecular formula is C25H23ClN2O6. The summed E-state index contributed by atoms with van der Waals surface area (Å²) in [6, 6.07) is 18.2. The van der Waals surface area contributed by atoms with Crippen LogP contribution in [0.5, 0.6) is 23.0 Å². The van der Waals surface area contributed by atoms with Crippen LogP contribution in [0, 0.1) is 0 Å². The summed E-state index contributed by atoms with van der Waals surface area (Å²) in [6.45, 7) is 2.20. The zero-order chi connectivity index (χ0) is 24.3. The van der Waals surface area contributed by atoms with E-state index in [0.717, 1.165) is 0 Å². The highest BCUT2D eigenvalue weighted by Crippen LogP contribution is 2.28. The van der Waals surface area contributed by atoms with Crippen molar-refractivity contribution in [3.8, 4) is 23.0 Å². The summed E-state index contributed by atoms with van der Waals surface area (Å²) in [6.07, 6.45) is 1.43. The van der Waals surface area contributed by atoms with Gasteiger partial charge in [0.15, 0.2) is 18.1 Å². The monoisotopic (exact) mass is 482 g/mol. The zero-order valence-electron chi connectivity index (χ0n) is 18.6. The van der Waals surface area contributed by atoms with Gasteiger partial charge in [0.1, 0.15) is 11.5 Å². The van der Waals surface area contributed by atoms with E-state index in [1.807, 2.05) is 6.92 Å². The molecule has 0 heterocycles. The Morgan fingerprint density at radius 3 is 2.47 bits per heavy atom. The number of benzene rings is 3. The zero-order valence-corrected chi connectivity index (χ0v) is 19.4. The number of nitrogens with zero attached hydrogens (tertiary/aromatic N) is 1. The van der Waals surface area contributed by atoms with Gasteiger partial charge in [-0.25, -0.2) is 10.2 Å². The summed E-state index contributed by atoms with van der Waals surface area (Å²) in [4.78, 5) is 24.4. The maximum Gasteiger partial charge on any atom is 0.343 e. The number of ether oxygens (including phenoxy) is 4. The highest BCUT2D eigenvalue weighted by atomic mass is 35.5. The number of hydrazone groups is 1. The van der Waals surface area contributed by atoms with Crippen molar-refractivity contribution in [2.75, 3.05) is 20.3 Å². The van der Waals surface area contributed by atoms with Crippen LogP contribution < -0.4 is 24.4 Å². The lowest BCUT2D eigenvalue weighted by molar-refractivity contribution is -0.123. The molecule has 34 heavy (non-hydrogen) atoms. The third-order valence-electron chi connectivity index (χ3n) is 4.36. The lowest BCUT2D eigenvalue weighted by atomic mass is 10.2. The van der Waals surface area contributed by atoms with Crippen molar-refractivity contribution in [1.82, 2.24) is 5.43 Å². The van der Waals surface area contributed by atoms with Crippen molar-refractivity contribution in [1.29, 1.82) is 0 Å². The molecule has 8 nitrogen and oxygen atoms in total. The number of hydrogen-bond donors (Lipinski definition) is 1. The van der Waals surface area contributed by atoms with Gasteiger partial charge in [0.25, 0.3) is 5.91 Å². The van der Waals surface area contributed by atoms with Gasteiger partial charge in [0.05, 0.1) is 25.5 Å². The predicted molar refractivity (Wildman–Crippen MR) is 128 cm³/mol. The van der Waals surface area contributed by atoms with Crippen LogP contribution in [0.4, 0.5) is 0 Å². The van der Waals surface area contributed by atoms with Gasteiger partial charge in [-0.2, -0.15) is 5.10 Å².